The largest absolute Gasteiger partial charge is 0.456 e. The molecule has 3 heteroatoms. The number of aryl methyl sites for hydroxylation is 1. The summed E-state index contributed by atoms with van der Waals surface area (Å²) < 4.78 is 7.12. The fourth-order valence-corrected chi connectivity index (χ4v) is 2.96. The molecule has 0 saturated carbocycles. The van der Waals surface area contributed by atoms with Gasteiger partial charge < -0.3 is 10.1 Å². The first kappa shape index (κ1) is 16.1. The van der Waals surface area contributed by atoms with E-state index in [0.717, 1.165) is 28.9 Å². The first-order chi connectivity index (χ1) is 10.2. The van der Waals surface area contributed by atoms with E-state index in [-0.39, 0.29) is 0 Å². The SMILES string of the molecule is CCNC(CC)c1ccccc1Oc1ccc(C)cc1Br. The lowest BCUT2D eigenvalue weighted by Crippen LogP contribution is -2.20. The molecule has 0 radical (unpaired) electrons. The molecule has 2 nitrogen and oxygen atoms in total. The molecule has 0 aliphatic rings. The summed E-state index contributed by atoms with van der Waals surface area (Å²) in [6, 6.07) is 14.7. The number of ether oxygens (including phenoxy) is 1. The summed E-state index contributed by atoms with van der Waals surface area (Å²) >= 11 is 3.57. The van der Waals surface area contributed by atoms with Crippen LogP contribution < -0.4 is 10.1 Å². The van der Waals surface area contributed by atoms with Gasteiger partial charge in [-0.2, -0.15) is 0 Å². The molecular formula is C18H22BrNO. The van der Waals surface area contributed by atoms with Gasteiger partial charge in [0.2, 0.25) is 0 Å². The van der Waals surface area contributed by atoms with Crippen molar-refractivity contribution >= 4 is 15.9 Å². The lowest BCUT2D eigenvalue weighted by atomic mass is 10.0. The average Bonchev–Trinajstić information content (AvgIpc) is 2.48. The van der Waals surface area contributed by atoms with Crippen molar-refractivity contribution in [3.05, 3.63) is 58.1 Å². The molecular weight excluding hydrogens is 326 g/mol. The molecule has 2 aromatic carbocycles. The molecule has 0 spiro atoms. The van der Waals surface area contributed by atoms with E-state index in [4.69, 9.17) is 4.74 Å². The number of benzene rings is 2. The number of rotatable bonds is 6. The van der Waals surface area contributed by atoms with Crippen LogP contribution in [0.4, 0.5) is 0 Å². The molecule has 0 saturated heterocycles. The zero-order chi connectivity index (χ0) is 15.2. The molecule has 0 aromatic heterocycles. The minimum absolute atomic E-state index is 0.315. The van der Waals surface area contributed by atoms with Gasteiger partial charge in [-0.1, -0.05) is 38.1 Å². The van der Waals surface area contributed by atoms with Crippen LogP contribution in [0.5, 0.6) is 11.5 Å². The Balaban J connectivity index is 2.31. The van der Waals surface area contributed by atoms with E-state index in [9.17, 15) is 0 Å². The molecule has 0 fully saturated rings. The Labute approximate surface area is 135 Å². The molecule has 1 N–H and O–H groups in total. The van der Waals surface area contributed by atoms with Gasteiger partial charge in [0, 0.05) is 11.6 Å². The van der Waals surface area contributed by atoms with Crippen molar-refractivity contribution in [2.75, 3.05) is 6.54 Å². The zero-order valence-electron chi connectivity index (χ0n) is 12.8. The molecule has 2 aromatic rings. The van der Waals surface area contributed by atoms with Crippen LogP contribution in [-0.2, 0) is 0 Å². The third kappa shape index (κ3) is 4.08. The molecule has 0 aliphatic carbocycles. The van der Waals surface area contributed by atoms with Crippen LogP contribution in [0.25, 0.3) is 0 Å². The third-order valence-electron chi connectivity index (χ3n) is 3.46. The summed E-state index contributed by atoms with van der Waals surface area (Å²) in [7, 11) is 0. The van der Waals surface area contributed by atoms with Crippen molar-refractivity contribution in [2.24, 2.45) is 0 Å². The van der Waals surface area contributed by atoms with Gasteiger partial charge in [0.1, 0.15) is 11.5 Å². The van der Waals surface area contributed by atoms with Gasteiger partial charge in [-0.05, 0) is 59.6 Å². The van der Waals surface area contributed by atoms with Gasteiger partial charge in [-0.25, -0.2) is 0 Å². The Kier molecular flexibility index (Phi) is 5.83. The highest BCUT2D eigenvalue weighted by atomic mass is 79.9. The fraction of sp³-hybridized carbons (Fsp3) is 0.333. The minimum atomic E-state index is 0.315. The van der Waals surface area contributed by atoms with Crippen LogP contribution in [0, 0.1) is 6.92 Å². The van der Waals surface area contributed by atoms with Gasteiger partial charge in [0.05, 0.1) is 4.47 Å². The van der Waals surface area contributed by atoms with Crippen molar-refractivity contribution in [3.63, 3.8) is 0 Å². The topological polar surface area (TPSA) is 21.3 Å². The lowest BCUT2D eigenvalue weighted by molar-refractivity contribution is 0.450. The number of nitrogens with one attached hydrogen (secondary N) is 1. The molecule has 0 aliphatic heterocycles. The summed E-state index contributed by atoms with van der Waals surface area (Å²) in [4.78, 5) is 0. The van der Waals surface area contributed by atoms with Gasteiger partial charge in [-0.15, -0.1) is 0 Å². The smallest absolute Gasteiger partial charge is 0.141 e. The van der Waals surface area contributed by atoms with Crippen molar-refractivity contribution < 1.29 is 4.74 Å². The van der Waals surface area contributed by atoms with Gasteiger partial charge >= 0.3 is 0 Å². The highest BCUT2D eigenvalue weighted by molar-refractivity contribution is 9.10. The molecule has 1 atom stereocenters. The third-order valence-corrected chi connectivity index (χ3v) is 4.08. The van der Waals surface area contributed by atoms with Crippen LogP contribution in [0.3, 0.4) is 0 Å². The standard InChI is InChI=1S/C18H22BrNO/c1-4-16(20-5-2)14-8-6-7-9-17(14)21-18-11-10-13(3)12-15(18)19/h6-12,16,20H,4-5H2,1-3H3. The first-order valence-electron chi connectivity index (χ1n) is 7.42. The van der Waals surface area contributed by atoms with Crippen LogP contribution in [0.1, 0.15) is 37.4 Å². The summed E-state index contributed by atoms with van der Waals surface area (Å²) in [5.41, 5.74) is 2.41. The normalized spacial score (nSPS) is 12.2. The Hall–Kier alpha value is -1.32. The minimum Gasteiger partial charge on any atom is -0.456 e. The van der Waals surface area contributed by atoms with E-state index < -0.39 is 0 Å². The van der Waals surface area contributed by atoms with E-state index in [1.807, 2.05) is 18.2 Å². The molecule has 0 bridgehead atoms. The first-order valence-corrected chi connectivity index (χ1v) is 8.21. The van der Waals surface area contributed by atoms with Crippen LogP contribution in [0.15, 0.2) is 46.9 Å². The predicted molar refractivity (Wildman–Crippen MR) is 92.1 cm³/mol. The monoisotopic (exact) mass is 347 g/mol. The van der Waals surface area contributed by atoms with E-state index >= 15 is 0 Å². The van der Waals surface area contributed by atoms with Crippen molar-refractivity contribution in [2.45, 2.75) is 33.2 Å². The molecule has 1 unspecified atom stereocenters. The average molecular weight is 348 g/mol. The van der Waals surface area contributed by atoms with Gasteiger partial charge in [0.15, 0.2) is 0 Å². The van der Waals surface area contributed by atoms with E-state index in [0.29, 0.717) is 6.04 Å². The summed E-state index contributed by atoms with van der Waals surface area (Å²) in [5, 5.41) is 3.51. The van der Waals surface area contributed by atoms with Gasteiger partial charge in [-0.3, -0.25) is 0 Å². The zero-order valence-corrected chi connectivity index (χ0v) is 14.4. The second-order valence-electron chi connectivity index (χ2n) is 5.09. The summed E-state index contributed by atoms with van der Waals surface area (Å²) in [6.45, 7) is 7.33. The van der Waals surface area contributed by atoms with E-state index in [2.05, 4.69) is 66.3 Å². The maximum Gasteiger partial charge on any atom is 0.141 e. The molecule has 21 heavy (non-hydrogen) atoms. The van der Waals surface area contributed by atoms with Crippen LogP contribution >= 0.6 is 15.9 Å². The van der Waals surface area contributed by atoms with Crippen molar-refractivity contribution in [3.8, 4) is 11.5 Å². The number of hydrogen-bond donors (Lipinski definition) is 1. The number of halogens is 1. The van der Waals surface area contributed by atoms with Crippen LogP contribution in [0.2, 0.25) is 0 Å². The molecule has 112 valence electrons. The number of para-hydroxylation sites is 1. The van der Waals surface area contributed by atoms with E-state index in [1.165, 1.54) is 11.1 Å². The lowest BCUT2D eigenvalue weighted by Gasteiger charge is -2.20. The summed E-state index contributed by atoms with van der Waals surface area (Å²) in [5.74, 6) is 1.76. The van der Waals surface area contributed by atoms with Crippen molar-refractivity contribution in [1.29, 1.82) is 0 Å². The van der Waals surface area contributed by atoms with Crippen molar-refractivity contribution in [1.82, 2.24) is 5.32 Å². The highest BCUT2D eigenvalue weighted by Crippen LogP contribution is 2.34. The Morgan fingerprint density at radius 3 is 2.52 bits per heavy atom. The predicted octanol–water partition coefficient (Wildman–Crippen LogP) is 5.61. The quantitative estimate of drug-likeness (QED) is 0.733. The highest BCUT2D eigenvalue weighted by Gasteiger charge is 2.14. The van der Waals surface area contributed by atoms with Gasteiger partial charge in [0.25, 0.3) is 0 Å². The van der Waals surface area contributed by atoms with Crippen LogP contribution in [-0.4, -0.2) is 6.54 Å². The molecule has 0 amide bonds. The Morgan fingerprint density at radius 1 is 1.10 bits per heavy atom. The molecule has 2 rings (SSSR count). The second kappa shape index (κ2) is 7.62. The Bertz CT molecular complexity index is 598. The van der Waals surface area contributed by atoms with E-state index in [1.54, 1.807) is 0 Å². The number of hydrogen-bond acceptors (Lipinski definition) is 2. The summed E-state index contributed by atoms with van der Waals surface area (Å²) in [6.07, 6.45) is 1.03. The maximum absolute atomic E-state index is 6.14. The Morgan fingerprint density at radius 2 is 1.86 bits per heavy atom. The molecule has 0 heterocycles. The fourth-order valence-electron chi connectivity index (χ4n) is 2.39. The maximum atomic E-state index is 6.14. The second-order valence-corrected chi connectivity index (χ2v) is 5.95.